The number of halogens is 2. The monoisotopic (exact) mass is 458 g/mol. The minimum atomic E-state index is -1.64. The Bertz CT molecular complexity index is 951. The highest BCUT2D eigenvalue weighted by Crippen LogP contribution is 2.32. The predicted molar refractivity (Wildman–Crippen MR) is 107 cm³/mol. The lowest BCUT2D eigenvalue weighted by Gasteiger charge is -2.39. The van der Waals surface area contributed by atoms with Gasteiger partial charge in [0.15, 0.2) is 11.6 Å². The van der Waals surface area contributed by atoms with Crippen molar-refractivity contribution < 1.29 is 43.4 Å². The van der Waals surface area contributed by atoms with Gasteiger partial charge in [0.25, 0.3) is 0 Å². The first-order valence-electron chi connectivity index (χ1n) is 10.2. The van der Waals surface area contributed by atoms with E-state index in [2.05, 4.69) is 5.10 Å². The van der Waals surface area contributed by atoms with Gasteiger partial charge in [-0.2, -0.15) is 4.39 Å². The summed E-state index contributed by atoms with van der Waals surface area (Å²) in [4.78, 5) is 0. The molecular formula is C21H28F2N2O7. The van der Waals surface area contributed by atoms with E-state index in [0.717, 1.165) is 0 Å². The number of aromatic nitrogens is 2. The third kappa shape index (κ3) is 4.44. The molecule has 2 aromatic rings. The van der Waals surface area contributed by atoms with E-state index in [-0.39, 0.29) is 29.7 Å². The van der Waals surface area contributed by atoms with E-state index in [1.54, 1.807) is 11.6 Å². The SMILES string of the molecule is COc1ccc(Cc2c(OC3O[C@H](CO)[C@@H](O)[C@@H](O)[C@H]3O)nn(C(C)C)c2C)c(F)c1F. The molecule has 1 unspecified atom stereocenters. The number of rotatable bonds is 7. The van der Waals surface area contributed by atoms with Gasteiger partial charge in [0, 0.05) is 23.7 Å². The number of nitrogens with zero attached hydrogens (tertiary/aromatic N) is 2. The van der Waals surface area contributed by atoms with Gasteiger partial charge in [0.1, 0.15) is 24.4 Å². The van der Waals surface area contributed by atoms with Crippen LogP contribution in [0.5, 0.6) is 11.6 Å². The minimum Gasteiger partial charge on any atom is -0.494 e. The van der Waals surface area contributed by atoms with Crippen LogP contribution in [0.25, 0.3) is 0 Å². The Morgan fingerprint density at radius 3 is 2.41 bits per heavy atom. The number of aliphatic hydroxyl groups is 4. The molecule has 11 heteroatoms. The summed E-state index contributed by atoms with van der Waals surface area (Å²) in [6, 6.07) is 2.60. The van der Waals surface area contributed by atoms with E-state index < -0.39 is 48.9 Å². The topological polar surface area (TPSA) is 126 Å². The van der Waals surface area contributed by atoms with Crippen LogP contribution >= 0.6 is 0 Å². The number of aliphatic hydroxyl groups excluding tert-OH is 4. The molecule has 0 bridgehead atoms. The molecule has 1 aromatic carbocycles. The van der Waals surface area contributed by atoms with E-state index in [1.807, 2.05) is 13.8 Å². The van der Waals surface area contributed by atoms with E-state index in [4.69, 9.17) is 14.2 Å². The molecule has 0 radical (unpaired) electrons. The fourth-order valence-corrected chi connectivity index (χ4v) is 3.66. The number of benzene rings is 1. The first-order chi connectivity index (χ1) is 15.1. The summed E-state index contributed by atoms with van der Waals surface area (Å²) in [6.45, 7) is 4.86. The summed E-state index contributed by atoms with van der Waals surface area (Å²) in [5.74, 6) is -2.43. The molecule has 3 rings (SSSR count). The molecule has 178 valence electrons. The third-order valence-electron chi connectivity index (χ3n) is 5.52. The molecule has 4 N–H and O–H groups in total. The van der Waals surface area contributed by atoms with Crippen LogP contribution in [0.4, 0.5) is 8.78 Å². The highest BCUT2D eigenvalue weighted by Gasteiger charge is 2.45. The van der Waals surface area contributed by atoms with Gasteiger partial charge < -0.3 is 34.6 Å². The summed E-state index contributed by atoms with van der Waals surface area (Å²) in [6.07, 6.45) is -7.52. The number of methoxy groups -OCH3 is 1. The zero-order valence-corrected chi connectivity index (χ0v) is 18.2. The minimum absolute atomic E-state index is 0.0174. The second-order valence-electron chi connectivity index (χ2n) is 7.95. The average Bonchev–Trinajstić information content (AvgIpc) is 3.07. The van der Waals surface area contributed by atoms with Crippen molar-refractivity contribution in [2.45, 2.75) is 63.9 Å². The molecule has 32 heavy (non-hydrogen) atoms. The van der Waals surface area contributed by atoms with Crippen LogP contribution in [0.3, 0.4) is 0 Å². The van der Waals surface area contributed by atoms with E-state index in [1.165, 1.54) is 19.2 Å². The summed E-state index contributed by atoms with van der Waals surface area (Å²) in [7, 11) is 1.24. The molecule has 2 heterocycles. The van der Waals surface area contributed by atoms with E-state index in [0.29, 0.717) is 11.3 Å². The van der Waals surface area contributed by atoms with Crippen LogP contribution in [-0.2, 0) is 11.2 Å². The number of hydrogen-bond acceptors (Lipinski definition) is 8. The van der Waals surface area contributed by atoms with Crippen molar-refractivity contribution in [2.75, 3.05) is 13.7 Å². The zero-order chi connectivity index (χ0) is 23.7. The Kier molecular flexibility index (Phi) is 7.36. The first-order valence-corrected chi connectivity index (χ1v) is 10.2. The van der Waals surface area contributed by atoms with Gasteiger partial charge in [-0.1, -0.05) is 6.07 Å². The van der Waals surface area contributed by atoms with E-state index >= 15 is 0 Å². The lowest BCUT2D eigenvalue weighted by molar-refractivity contribution is -0.278. The van der Waals surface area contributed by atoms with E-state index in [9.17, 15) is 29.2 Å². The molecular weight excluding hydrogens is 430 g/mol. The van der Waals surface area contributed by atoms with Crippen molar-refractivity contribution in [3.05, 3.63) is 40.6 Å². The van der Waals surface area contributed by atoms with Gasteiger partial charge in [-0.25, -0.2) is 4.39 Å². The molecule has 1 aliphatic heterocycles. The Morgan fingerprint density at radius 2 is 1.81 bits per heavy atom. The Labute approximate surface area is 183 Å². The Balaban J connectivity index is 1.97. The van der Waals surface area contributed by atoms with Gasteiger partial charge in [-0.05, 0) is 32.4 Å². The number of hydrogen-bond donors (Lipinski definition) is 4. The lowest BCUT2D eigenvalue weighted by atomic mass is 9.99. The van der Waals surface area contributed by atoms with Crippen molar-refractivity contribution in [3.63, 3.8) is 0 Å². The Hall–Kier alpha value is -2.31. The van der Waals surface area contributed by atoms with Crippen LogP contribution in [0.2, 0.25) is 0 Å². The van der Waals surface area contributed by atoms with Gasteiger partial charge >= 0.3 is 0 Å². The second kappa shape index (κ2) is 9.67. The molecule has 1 fully saturated rings. The average molecular weight is 458 g/mol. The molecule has 5 atom stereocenters. The maximum atomic E-state index is 14.6. The summed E-state index contributed by atoms with van der Waals surface area (Å²) in [5.41, 5.74) is 1.07. The van der Waals surface area contributed by atoms with Crippen molar-refractivity contribution in [1.82, 2.24) is 9.78 Å². The normalized spacial score (nSPS) is 25.9. The standard InChI is InChI=1S/C21H28F2N2O7/c1-9(2)25-10(3)12(7-11-5-6-13(30-4)16(23)15(11)22)20(24-25)32-21-19(29)18(28)17(27)14(8-26)31-21/h5-6,9,14,17-19,21,26-29H,7-8H2,1-4H3/t14-,17-,18-,19-,21?/m1/s1. The van der Waals surface area contributed by atoms with Crippen LogP contribution in [0.15, 0.2) is 12.1 Å². The lowest BCUT2D eigenvalue weighted by Crippen LogP contribution is -2.60. The molecule has 1 aliphatic rings. The number of ether oxygens (including phenoxy) is 3. The van der Waals surface area contributed by atoms with Crippen molar-refractivity contribution >= 4 is 0 Å². The van der Waals surface area contributed by atoms with Gasteiger partial charge in [-0.15, -0.1) is 5.10 Å². The smallest absolute Gasteiger partial charge is 0.239 e. The highest BCUT2D eigenvalue weighted by atomic mass is 19.2. The molecule has 0 amide bonds. The highest BCUT2D eigenvalue weighted by molar-refractivity contribution is 5.39. The van der Waals surface area contributed by atoms with Crippen LogP contribution in [-0.4, -0.2) is 74.6 Å². The van der Waals surface area contributed by atoms with Gasteiger partial charge in [0.05, 0.1) is 13.7 Å². The summed E-state index contributed by atoms with van der Waals surface area (Å²) >= 11 is 0. The van der Waals surface area contributed by atoms with Crippen LogP contribution < -0.4 is 9.47 Å². The maximum absolute atomic E-state index is 14.6. The molecule has 1 saturated heterocycles. The fourth-order valence-electron chi connectivity index (χ4n) is 3.66. The second-order valence-corrected chi connectivity index (χ2v) is 7.95. The largest absolute Gasteiger partial charge is 0.494 e. The molecule has 0 spiro atoms. The predicted octanol–water partition coefficient (Wildman–Crippen LogP) is 0.829. The molecule has 0 saturated carbocycles. The van der Waals surface area contributed by atoms with Crippen LogP contribution in [0, 0.1) is 18.6 Å². The van der Waals surface area contributed by atoms with Crippen molar-refractivity contribution in [3.8, 4) is 11.6 Å². The fraction of sp³-hybridized carbons (Fsp3) is 0.571. The van der Waals surface area contributed by atoms with Gasteiger partial charge in [-0.3, -0.25) is 4.68 Å². The van der Waals surface area contributed by atoms with Crippen molar-refractivity contribution in [2.24, 2.45) is 0 Å². The zero-order valence-electron chi connectivity index (χ0n) is 18.2. The molecule has 9 nitrogen and oxygen atoms in total. The summed E-state index contributed by atoms with van der Waals surface area (Å²) < 4.78 is 46.3. The van der Waals surface area contributed by atoms with Crippen LogP contribution in [0.1, 0.15) is 36.7 Å². The first kappa shape index (κ1) is 24.3. The summed E-state index contributed by atoms with van der Waals surface area (Å²) in [5, 5.41) is 44.0. The molecule has 1 aromatic heterocycles. The third-order valence-corrected chi connectivity index (χ3v) is 5.52. The van der Waals surface area contributed by atoms with Crippen molar-refractivity contribution in [1.29, 1.82) is 0 Å². The Morgan fingerprint density at radius 1 is 1.12 bits per heavy atom. The quantitative estimate of drug-likeness (QED) is 0.481. The van der Waals surface area contributed by atoms with Gasteiger partial charge in [0.2, 0.25) is 18.0 Å². The maximum Gasteiger partial charge on any atom is 0.239 e. The molecule has 0 aliphatic carbocycles.